The Balaban J connectivity index is 2.29. The molecule has 1 saturated heterocycles. The van der Waals surface area contributed by atoms with Gasteiger partial charge in [-0.2, -0.15) is 0 Å². The molecule has 1 amide bonds. The predicted molar refractivity (Wildman–Crippen MR) is 91.1 cm³/mol. The Hall–Kier alpha value is -1.06. The lowest BCUT2D eigenvalue weighted by Crippen LogP contribution is -2.39. The number of hydrogen-bond acceptors (Lipinski definition) is 4. The first-order chi connectivity index (χ1) is 11.2. The highest BCUT2D eigenvalue weighted by Crippen LogP contribution is 2.33. The number of carbonyl (C=O) groups is 1. The van der Waals surface area contributed by atoms with Crippen LogP contribution >= 0.6 is 23.2 Å². The second-order valence-electron chi connectivity index (χ2n) is 5.57. The number of hydrogen-bond donors (Lipinski definition) is 2. The summed E-state index contributed by atoms with van der Waals surface area (Å²) < 4.78 is 31.0. The summed E-state index contributed by atoms with van der Waals surface area (Å²) in [6.45, 7) is 0.603. The normalized spacial score (nSPS) is 22.2. The zero-order chi connectivity index (χ0) is 17.9. The largest absolute Gasteiger partial charge is 0.465 e. The Morgan fingerprint density at radius 3 is 2.71 bits per heavy atom. The number of nitrogens with zero attached hydrogens (tertiary/aromatic N) is 1. The topological polar surface area (TPSA) is 95.9 Å². The van der Waals surface area contributed by atoms with Crippen molar-refractivity contribution in [2.45, 2.75) is 6.10 Å². The first-order valence-electron chi connectivity index (χ1n) is 7.16. The summed E-state index contributed by atoms with van der Waals surface area (Å²) in [5.41, 5.74) is 0.719. The van der Waals surface area contributed by atoms with Crippen LogP contribution in [0.25, 0.3) is 0 Å². The molecule has 7 nitrogen and oxygen atoms in total. The van der Waals surface area contributed by atoms with Gasteiger partial charge in [-0.25, -0.2) is 17.9 Å². The molecule has 0 aromatic heterocycles. The standard InChI is InChI=1S/C14H18Cl2N2O5S/c1-24(21,22)17-7-10-8-18(14(19)20)4-5-23-13(10)9-2-3-11(15)12(16)6-9/h2-3,6,10,13,17H,4-5,7-8H2,1H3,(H,19,20)/t10-,13+/m1/s1. The van der Waals surface area contributed by atoms with Crippen molar-refractivity contribution in [3.05, 3.63) is 33.8 Å². The molecule has 1 aliphatic heterocycles. The van der Waals surface area contributed by atoms with E-state index in [0.29, 0.717) is 10.0 Å². The summed E-state index contributed by atoms with van der Waals surface area (Å²) in [7, 11) is -3.41. The monoisotopic (exact) mass is 396 g/mol. The van der Waals surface area contributed by atoms with Gasteiger partial charge in [-0.05, 0) is 17.7 Å². The molecule has 1 fully saturated rings. The zero-order valence-corrected chi connectivity index (χ0v) is 15.2. The van der Waals surface area contributed by atoms with Gasteiger partial charge in [0.25, 0.3) is 0 Å². The second-order valence-corrected chi connectivity index (χ2v) is 8.22. The van der Waals surface area contributed by atoms with Crippen LogP contribution in [0.3, 0.4) is 0 Å². The van der Waals surface area contributed by atoms with Crippen LogP contribution in [0, 0.1) is 5.92 Å². The first-order valence-corrected chi connectivity index (χ1v) is 9.81. The predicted octanol–water partition coefficient (Wildman–Crippen LogP) is 2.21. The number of benzene rings is 1. The molecule has 10 heteroatoms. The third-order valence-corrected chi connectivity index (χ3v) is 5.12. The Morgan fingerprint density at radius 1 is 1.42 bits per heavy atom. The molecule has 24 heavy (non-hydrogen) atoms. The minimum absolute atomic E-state index is 0.0491. The fraction of sp³-hybridized carbons (Fsp3) is 0.500. The summed E-state index contributed by atoms with van der Waals surface area (Å²) >= 11 is 12.0. The van der Waals surface area contributed by atoms with E-state index in [2.05, 4.69) is 4.72 Å². The van der Waals surface area contributed by atoms with Crippen LogP contribution in [0.4, 0.5) is 4.79 Å². The van der Waals surface area contributed by atoms with Crippen molar-refractivity contribution in [2.75, 3.05) is 32.5 Å². The van der Waals surface area contributed by atoms with Crippen LogP contribution < -0.4 is 4.72 Å². The number of rotatable bonds is 4. The third-order valence-electron chi connectivity index (χ3n) is 3.69. The Kier molecular flexibility index (Phi) is 6.33. The Labute approximate surface area is 150 Å². The SMILES string of the molecule is CS(=O)(=O)NC[C@@H]1CN(C(=O)O)CCO[C@H]1c1ccc(Cl)c(Cl)c1. The maximum absolute atomic E-state index is 11.4. The molecule has 0 bridgehead atoms. The number of sulfonamides is 1. The molecular weight excluding hydrogens is 379 g/mol. The van der Waals surface area contributed by atoms with Crippen LogP contribution in [0.15, 0.2) is 18.2 Å². The molecule has 2 atom stereocenters. The van der Waals surface area contributed by atoms with Gasteiger partial charge >= 0.3 is 6.09 Å². The number of amides is 1. The fourth-order valence-electron chi connectivity index (χ4n) is 2.56. The van der Waals surface area contributed by atoms with Crippen molar-refractivity contribution < 1.29 is 23.1 Å². The summed E-state index contributed by atoms with van der Waals surface area (Å²) in [5, 5.41) is 9.99. The van der Waals surface area contributed by atoms with E-state index in [9.17, 15) is 18.3 Å². The van der Waals surface area contributed by atoms with E-state index in [1.807, 2.05) is 0 Å². The van der Waals surface area contributed by atoms with Gasteiger partial charge in [-0.1, -0.05) is 29.3 Å². The molecule has 0 saturated carbocycles. The van der Waals surface area contributed by atoms with E-state index in [0.717, 1.165) is 11.8 Å². The van der Waals surface area contributed by atoms with Gasteiger partial charge in [0, 0.05) is 25.6 Å². The van der Waals surface area contributed by atoms with Gasteiger partial charge < -0.3 is 14.7 Å². The molecular formula is C14H18Cl2N2O5S. The molecule has 1 aromatic rings. The molecule has 2 rings (SSSR count). The minimum atomic E-state index is -3.41. The maximum Gasteiger partial charge on any atom is 0.407 e. The van der Waals surface area contributed by atoms with E-state index >= 15 is 0 Å². The van der Waals surface area contributed by atoms with E-state index < -0.39 is 28.1 Å². The van der Waals surface area contributed by atoms with Crippen LogP contribution in [-0.4, -0.2) is 57.0 Å². The van der Waals surface area contributed by atoms with Gasteiger partial charge in [0.2, 0.25) is 10.0 Å². The summed E-state index contributed by atoms with van der Waals surface area (Å²) in [4.78, 5) is 12.5. The lowest BCUT2D eigenvalue weighted by atomic mass is 9.95. The van der Waals surface area contributed by atoms with E-state index in [-0.39, 0.29) is 26.2 Å². The second kappa shape index (κ2) is 7.88. The summed E-state index contributed by atoms with van der Waals surface area (Å²) in [6.07, 6.45) is -0.524. The minimum Gasteiger partial charge on any atom is -0.465 e. The molecule has 2 N–H and O–H groups in total. The smallest absolute Gasteiger partial charge is 0.407 e. The van der Waals surface area contributed by atoms with Crippen molar-refractivity contribution in [1.82, 2.24) is 9.62 Å². The molecule has 1 heterocycles. The number of halogens is 2. The van der Waals surface area contributed by atoms with E-state index in [1.165, 1.54) is 4.90 Å². The molecule has 1 aromatic carbocycles. The van der Waals surface area contributed by atoms with Gasteiger partial charge in [0.05, 0.1) is 29.0 Å². The lowest BCUT2D eigenvalue weighted by molar-refractivity contribution is 0.0321. The highest BCUT2D eigenvalue weighted by Gasteiger charge is 2.32. The molecule has 1 aliphatic rings. The molecule has 0 radical (unpaired) electrons. The number of nitrogens with one attached hydrogen (secondary N) is 1. The Morgan fingerprint density at radius 2 is 2.12 bits per heavy atom. The highest BCUT2D eigenvalue weighted by atomic mass is 35.5. The van der Waals surface area contributed by atoms with Crippen molar-refractivity contribution >= 4 is 39.3 Å². The van der Waals surface area contributed by atoms with Crippen molar-refractivity contribution in [3.63, 3.8) is 0 Å². The fourth-order valence-corrected chi connectivity index (χ4v) is 3.38. The summed E-state index contributed by atoms with van der Waals surface area (Å²) in [6, 6.07) is 5.02. The van der Waals surface area contributed by atoms with Gasteiger partial charge in [0.15, 0.2) is 0 Å². The first kappa shape index (κ1) is 19.3. The van der Waals surface area contributed by atoms with Crippen molar-refractivity contribution in [1.29, 1.82) is 0 Å². The average molecular weight is 397 g/mol. The molecule has 0 aliphatic carbocycles. The van der Waals surface area contributed by atoms with E-state index in [4.69, 9.17) is 27.9 Å². The number of ether oxygens (including phenoxy) is 1. The zero-order valence-electron chi connectivity index (χ0n) is 12.9. The quantitative estimate of drug-likeness (QED) is 0.812. The molecule has 0 spiro atoms. The lowest BCUT2D eigenvalue weighted by Gasteiger charge is -2.27. The van der Waals surface area contributed by atoms with Gasteiger partial charge in [-0.3, -0.25) is 0 Å². The maximum atomic E-state index is 11.4. The molecule has 0 unspecified atom stereocenters. The van der Waals surface area contributed by atoms with E-state index in [1.54, 1.807) is 18.2 Å². The summed E-state index contributed by atoms with van der Waals surface area (Å²) in [5.74, 6) is -0.407. The van der Waals surface area contributed by atoms with Gasteiger partial charge in [-0.15, -0.1) is 0 Å². The van der Waals surface area contributed by atoms with Crippen molar-refractivity contribution in [2.24, 2.45) is 5.92 Å². The highest BCUT2D eigenvalue weighted by molar-refractivity contribution is 7.88. The van der Waals surface area contributed by atoms with Crippen molar-refractivity contribution in [3.8, 4) is 0 Å². The van der Waals surface area contributed by atoms with Crippen LogP contribution in [0.5, 0.6) is 0 Å². The van der Waals surface area contributed by atoms with Crippen LogP contribution in [0.2, 0.25) is 10.0 Å². The van der Waals surface area contributed by atoms with Crippen LogP contribution in [-0.2, 0) is 14.8 Å². The third kappa shape index (κ3) is 5.22. The van der Waals surface area contributed by atoms with Crippen LogP contribution in [0.1, 0.15) is 11.7 Å². The Bertz CT molecular complexity index is 713. The van der Waals surface area contributed by atoms with Gasteiger partial charge in [0.1, 0.15) is 0 Å². The molecule has 134 valence electrons. The number of carboxylic acid groups (broad SMARTS) is 1. The average Bonchev–Trinajstić information content (AvgIpc) is 2.70.